The lowest BCUT2D eigenvalue weighted by Gasteiger charge is -2.17. The Hall–Kier alpha value is -3.05. The first-order valence-corrected chi connectivity index (χ1v) is 8.93. The molecule has 0 fully saturated rings. The Kier molecular flexibility index (Phi) is 6.16. The molecule has 0 aliphatic rings. The fourth-order valence-corrected chi connectivity index (χ4v) is 2.94. The zero-order valence-electron chi connectivity index (χ0n) is 15.7. The summed E-state index contributed by atoms with van der Waals surface area (Å²) in [7, 11) is 1.34. The summed E-state index contributed by atoms with van der Waals surface area (Å²) in [5.41, 5.74) is 3.88. The molecule has 0 amide bonds. The Balaban J connectivity index is 1.87. The fourth-order valence-electron chi connectivity index (χ4n) is 2.94. The molecular formula is C23H21F2NO2. The molecule has 144 valence electrons. The van der Waals surface area contributed by atoms with Crippen LogP contribution in [0.15, 0.2) is 66.7 Å². The van der Waals surface area contributed by atoms with Crippen LogP contribution in [-0.4, -0.2) is 13.1 Å². The molecule has 0 saturated carbocycles. The number of rotatable bonds is 6. The second-order valence-electron chi connectivity index (χ2n) is 6.57. The quantitative estimate of drug-likeness (QED) is 0.591. The molecule has 0 heterocycles. The van der Waals surface area contributed by atoms with Crippen molar-refractivity contribution in [1.82, 2.24) is 5.32 Å². The van der Waals surface area contributed by atoms with Crippen LogP contribution in [0.3, 0.4) is 0 Å². The normalized spacial score (nSPS) is 11.9. The lowest BCUT2D eigenvalue weighted by Crippen LogP contribution is -2.18. The molecule has 3 aromatic rings. The van der Waals surface area contributed by atoms with Gasteiger partial charge in [0.1, 0.15) is 11.6 Å². The van der Waals surface area contributed by atoms with Gasteiger partial charge in [-0.25, -0.2) is 13.6 Å². The van der Waals surface area contributed by atoms with E-state index in [0.717, 1.165) is 22.3 Å². The van der Waals surface area contributed by atoms with Crippen molar-refractivity contribution in [2.75, 3.05) is 7.11 Å². The molecule has 1 N–H and O–H groups in total. The number of hydrogen-bond donors (Lipinski definition) is 1. The minimum absolute atomic E-state index is 0.0751. The summed E-state index contributed by atoms with van der Waals surface area (Å²) in [6.07, 6.45) is 0. The Labute approximate surface area is 163 Å². The van der Waals surface area contributed by atoms with E-state index in [0.29, 0.717) is 12.1 Å². The van der Waals surface area contributed by atoms with Crippen LogP contribution in [-0.2, 0) is 11.3 Å². The van der Waals surface area contributed by atoms with Gasteiger partial charge in [-0.2, -0.15) is 0 Å². The highest BCUT2D eigenvalue weighted by atomic mass is 19.1. The predicted molar refractivity (Wildman–Crippen MR) is 105 cm³/mol. The van der Waals surface area contributed by atoms with E-state index in [4.69, 9.17) is 4.74 Å². The van der Waals surface area contributed by atoms with E-state index >= 15 is 0 Å². The average Bonchev–Trinajstić information content (AvgIpc) is 2.72. The maximum absolute atomic E-state index is 13.3. The van der Waals surface area contributed by atoms with Crippen LogP contribution in [0.1, 0.15) is 34.5 Å². The number of ether oxygens (including phenoxy) is 1. The zero-order chi connectivity index (χ0) is 20.1. The van der Waals surface area contributed by atoms with Crippen molar-refractivity contribution >= 4 is 5.97 Å². The molecule has 1 atom stereocenters. The number of esters is 1. The summed E-state index contributed by atoms with van der Waals surface area (Å²) in [5, 5.41) is 3.37. The monoisotopic (exact) mass is 381 g/mol. The molecule has 1 unspecified atom stereocenters. The fraction of sp³-hybridized carbons (Fsp3) is 0.174. The first-order chi connectivity index (χ1) is 13.5. The SMILES string of the molecule is COC(=O)c1cc(-c2ccc(F)cc2)cc(C(C)NCc2ccc(F)cc2)c1. The van der Waals surface area contributed by atoms with Gasteiger partial charge >= 0.3 is 5.97 Å². The smallest absolute Gasteiger partial charge is 0.337 e. The van der Waals surface area contributed by atoms with E-state index in [1.165, 1.54) is 31.4 Å². The molecule has 0 saturated heterocycles. The lowest BCUT2D eigenvalue weighted by molar-refractivity contribution is 0.0600. The molecule has 5 heteroatoms. The molecule has 3 rings (SSSR count). The maximum Gasteiger partial charge on any atom is 0.337 e. The zero-order valence-corrected chi connectivity index (χ0v) is 15.7. The first kappa shape index (κ1) is 19.7. The van der Waals surface area contributed by atoms with Gasteiger partial charge in [0.2, 0.25) is 0 Å². The lowest BCUT2D eigenvalue weighted by atomic mass is 9.96. The molecule has 0 radical (unpaired) electrons. The largest absolute Gasteiger partial charge is 0.465 e. The molecule has 0 spiro atoms. The number of benzene rings is 3. The van der Waals surface area contributed by atoms with E-state index in [1.54, 1.807) is 36.4 Å². The van der Waals surface area contributed by atoms with Gasteiger partial charge in [-0.15, -0.1) is 0 Å². The van der Waals surface area contributed by atoms with Gasteiger partial charge in [-0.05, 0) is 71.6 Å². The summed E-state index contributed by atoms with van der Waals surface area (Å²) in [4.78, 5) is 12.1. The number of methoxy groups -OCH3 is 1. The van der Waals surface area contributed by atoms with Gasteiger partial charge in [0.05, 0.1) is 12.7 Å². The summed E-state index contributed by atoms with van der Waals surface area (Å²) in [6, 6.07) is 17.8. The summed E-state index contributed by atoms with van der Waals surface area (Å²) in [6.45, 7) is 2.53. The van der Waals surface area contributed by atoms with Crippen LogP contribution in [0.4, 0.5) is 8.78 Å². The summed E-state index contributed by atoms with van der Waals surface area (Å²) in [5.74, 6) is -1.02. The Morgan fingerprint density at radius 3 is 2.14 bits per heavy atom. The number of halogens is 2. The number of carbonyl (C=O) groups is 1. The van der Waals surface area contributed by atoms with Crippen molar-refractivity contribution in [3.63, 3.8) is 0 Å². The Bertz CT molecular complexity index is 953. The summed E-state index contributed by atoms with van der Waals surface area (Å²) >= 11 is 0. The highest BCUT2D eigenvalue weighted by Gasteiger charge is 2.14. The van der Waals surface area contributed by atoms with E-state index < -0.39 is 5.97 Å². The van der Waals surface area contributed by atoms with Crippen molar-refractivity contribution in [3.05, 3.63) is 95.1 Å². The van der Waals surface area contributed by atoms with Crippen molar-refractivity contribution in [3.8, 4) is 11.1 Å². The summed E-state index contributed by atoms with van der Waals surface area (Å²) < 4.78 is 31.2. The van der Waals surface area contributed by atoms with Crippen LogP contribution < -0.4 is 5.32 Å². The Morgan fingerprint density at radius 2 is 1.54 bits per heavy atom. The number of hydrogen-bond acceptors (Lipinski definition) is 3. The molecule has 0 aromatic heterocycles. The van der Waals surface area contributed by atoms with E-state index in [1.807, 2.05) is 13.0 Å². The molecule has 0 aliphatic heterocycles. The number of carbonyl (C=O) groups excluding carboxylic acids is 1. The third-order valence-electron chi connectivity index (χ3n) is 4.58. The highest BCUT2D eigenvalue weighted by molar-refractivity contribution is 5.91. The molecule has 0 bridgehead atoms. The van der Waals surface area contributed by atoms with Gasteiger partial charge in [0, 0.05) is 12.6 Å². The standard InChI is InChI=1S/C23H21F2NO2/c1-15(26-14-16-3-7-21(24)8-4-16)18-11-19(13-20(12-18)23(27)28-2)17-5-9-22(25)10-6-17/h3-13,15,26H,14H2,1-2H3. The second kappa shape index (κ2) is 8.76. The van der Waals surface area contributed by atoms with Crippen LogP contribution in [0, 0.1) is 11.6 Å². The van der Waals surface area contributed by atoms with Crippen LogP contribution >= 0.6 is 0 Å². The molecular weight excluding hydrogens is 360 g/mol. The third-order valence-corrected chi connectivity index (χ3v) is 4.58. The van der Waals surface area contributed by atoms with E-state index in [-0.39, 0.29) is 17.7 Å². The average molecular weight is 381 g/mol. The molecule has 28 heavy (non-hydrogen) atoms. The number of nitrogens with one attached hydrogen (secondary N) is 1. The minimum atomic E-state index is -0.434. The van der Waals surface area contributed by atoms with Crippen molar-refractivity contribution < 1.29 is 18.3 Å². The predicted octanol–water partition coefficient (Wildman–Crippen LogP) is 5.27. The van der Waals surface area contributed by atoms with Crippen LogP contribution in [0.2, 0.25) is 0 Å². The van der Waals surface area contributed by atoms with Crippen molar-refractivity contribution in [2.24, 2.45) is 0 Å². The van der Waals surface area contributed by atoms with Crippen molar-refractivity contribution in [2.45, 2.75) is 19.5 Å². The minimum Gasteiger partial charge on any atom is -0.465 e. The van der Waals surface area contributed by atoms with Crippen LogP contribution in [0.25, 0.3) is 11.1 Å². The van der Waals surface area contributed by atoms with Gasteiger partial charge in [0.15, 0.2) is 0 Å². The Morgan fingerprint density at radius 1 is 0.929 bits per heavy atom. The van der Waals surface area contributed by atoms with E-state index in [9.17, 15) is 13.6 Å². The third kappa shape index (κ3) is 4.81. The van der Waals surface area contributed by atoms with Crippen LogP contribution in [0.5, 0.6) is 0 Å². The second-order valence-corrected chi connectivity index (χ2v) is 6.57. The van der Waals surface area contributed by atoms with Gasteiger partial charge in [-0.3, -0.25) is 0 Å². The first-order valence-electron chi connectivity index (χ1n) is 8.93. The van der Waals surface area contributed by atoms with Crippen molar-refractivity contribution in [1.29, 1.82) is 0 Å². The van der Waals surface area contributed by atoms with Gasteiger partial charge in [0.25, 0.3) is 0 Å². The molecule has 3 nitrogen and oxygen atoms in total. The van der Waals surface area contributed by atoms with E-state index in [2.05, 4.69) is 5.32 Å². The highest BCUT2D eigenvalue weighted by Crippen LogP contribution is 2.26. The maximum atomic E-state index is 13.3. The van der Waals surface area contributed by atoms with Gasteiger partial charge < -0.3 is 10.1 Å². The molecule has 0 aliphatic carbocycles. The topological polar surface area (TPSA) is 38.3 Å². The molecule has 3 aromatic carbocycles. The van der Waals surface area contributed by atoms with Gasteiger partial charge in [-0.1, -0.05) is 24.3 Å².